The Morgan fingerprint density at radius 3 is 2.61 bits per heavy atom. The number of hydrogen-bond acceptors (Lipinski definition) is 6. The minimum absolute atomic E-state index is 0.123. The minimum Gasteiger partial charge on any atom is -0.496 e. The fourth-order valence-electron chi connectivity index (χ4n) is 5.42. The van der Waals surface area contributed by atoms with Crippen molar-refractivity contribution >= 4 is 34.0 Å². The Morgan fingerprint density at radius 1 is 1.13 bits per heavy atom. The number of Topliss-reactive ketones (excluding diaryl/α,β-unsaturated/α-hetero) is 1. The van der Waals surface area contributed by atoms with Crippen molar-refractivity contribution in [2.75, 3.05) is 20.8 Å². The highest BCUT2D eigenvalue weighted by Gasteiger charge is 2.33. The standard InChI is InChI=1S/C30H31N3O4S/c1-17-15-22(19(3)32(17)13-14-36-5)16-25-29(35)33-28(26(20(4)34)18(2)31-30(33)38-25)27-23-10-8-7-9-21(23)11-12-24(27)37-6/h7-12,15-16,28H,13-14H2,1-6H3/b25-16-. The van der Waals surface area contributed by atoms with E-state index in [9.17, 15) is 9.59 Å². The number of carbonyl (C=O) groups excluding carboxylic acids is 1. The van der Waals surface area contributed by atoms with Crippen LogP contribution in [0, 0.1) is 13.8 Å². The maximum Gasteiger partial charge on any atom is 0.271 e. The van der Waals surface area contributed by atoms with Gasteiger partial charge >= 0.3 is 0 Å². The molecule has 0 N–H and O–H groups in total. The fraction of sp³-hybridized carbons (Fsp3) is 0.300. The van der Waals surface area contributed by atoms with Crippen LogP contribution in [0.15, 0.2) is 63.5 Å². The van der Waals surface area contributed by atoms with Crippen LogP contribution in [0.2, 0.25) is 0 Å². The number of methoxy groups -OCH3 is 2. The molecule has 38 heavy (non-hydrogen) atoms. The first-order valence-electron chi connectivity index (χ1n) is 12.5. The summed E-state index contributed by atoms with van der Waals surface area (Å²) >= 11 is 1.34. The summed E-state index contributed by atoms with van der Waals surface area (Å²) in [4.78, 5) is 32.4. The van der Waals surface area contributed by atoms with Gasteiger partial charge in [0, 0.05) is 41.9 Å². The number of ketones is 1. The van der Waals surface area contributed by atoms with Gasteiger partial charge in [-0.1, -0.05) is 41.7 Å². The van der Waals surface area contributed by atoms with E-state index in [0.29, 0.717) is 33.0 Å². The summed E-state index contributed by atoms with van der Waals surface area (Å²) in [7, 11) is 3.30. The molecule has 0 saturated heterocycles. The van der Waals surface area contributed by atoms with Crippen molar-refractivity contribution in [1.82, 2.24) is 9.13 Å². The summed E-state index contributed by atoms with van der Waals surface area (Å²) < 4.78 is 15.5. The monoisotopic (exact) mass is 529 g/mol. The number of aryl methyl sites for hydroxylation is 1. The predicted octanol–water partition coefficient (Wildman–Crippen LogP) is 4.05. The van der Waals surface area contributed by atoms with Gasteiger partial charge in [-0.15, -0.1) is 0 Å². The number of hydrogen-bond donors (Lipinski definition) is 0. The number of benzene rings is 2. The number of allylic oxidation sites excluding steroid dienone is 2. The second kappa shape index (κ2) is 10.2. The molecule has 0 aliphatic carbocycles. The van der Waals surface area contributed by atoms with Gasteiger partial charge in [-0.05, 0) is 62.2 Å². The summed E-state index contributed by atoms with van der Waals surface area (Å²) in [5.74, 6) is 0.501. The molecule has 0 radical (unpaired) electrons. The lowest BCUT2D eigenvalue weighted by Crippen LogP contribution is -2.39. The summed E-state index contributed by atoms with van der Waals surface area (Å²) in [6.45, 7) is 8.82. The van der Waals surface area contributed by atoms with E-state index in [1.165, 1.54) is 18.3 Å². The van der Waals surface area contributed by atoms with Crippen LogP contribution in [0.25, 0.3) is 16.8 Å². The number of rotatable bonds is 7. The molecular formula is C30H31N3O4S. The third-order valence-corrected chi connectivity index (χ3v) is 8.23. The highest BCUT2D eigenvalue weighted by molar-refractivity contribution is 7.07. The molecule has 0 fully saturated rings. The normalized spacial score (nSPS) is 15.6. The van der Waals surface area contributed by atoms with E-state index >= 15 is 0 Å². The Bertz CT molecular complexity index is 1790. The van der Waals surface area contributed by atoms with Gasteiger partial charge in [-0.2, -0.15) is 0 Å². The van der Waals surface area contributed by atoms with Crippen molar-refractivity contribution in [1.29, 1.82) is 0 Å². The average molecular weight is 530 g/mol. The largest absolute Gasteiger partial charge is 0.496 e. The van der Waals surface area contributed by atoms with Crippen molar-refractivity contribution in [3.8, 4) is 5.75 Å². The van der Waals surface area contributed by atoms with Gasteiger partial charge in [0.05, 0.1) is 24.3 Å². The van der Waals surface area contributed by atoms with Gasteiger partial charge in [0.25, 0.3) is 5.56 Å². The van der Waals surface area contributed by atoms with Crippen LogP contribution >= 0.6 is 11.3 Å². The van der Waals surface area contributed by atoms with Crippen molar-refractivity contribution in [3.05, 3.63) is 95.9 Å². The van der Waals surface area contributed by atoms with Crippen LogP contribution < -0.4 is 19.6 Å². The smallest absolute Gasteiger partial charge is 0.271 e. The lowest BCUT2D eigenvalue weighted by molar-refractivity contribution is -0.114. The SMILES string of the molecule is COCCn1c(C)cc(/C=c2\sc3n(c2=O)C(c2c(OC)ccc4ccccc24)C(C(C)=O)=C(C)N=3)c1C. The van der Waals surface area contributed by atoms with Gasteiger partial charge in [0.15, 0.2) is 10.6 Å². The highest BCUT2D eigenvalue weighted by atomic mass is 32.1. The van der Waals surface area contributed by atoms with Crippen LogP contribution in [-0.4, -0.2) is 35.7 Å². The van der Waals surface area contributed by atoms with Crippen LogP contribution in [0.4, 0.5) is 0 Å². The third kappa shape index (κ3) is 4.23. The van der Waals surface area contributed by atoms with E-state index in [1.54, 1.807) is 18.8 Å². The Balaban J connectivity index is 1.79. The molecule has 1 atom stereocenters. The number of carbonyl (C=O) groups is 1. The lowest BCUT2D eigenvalue weighted by Gasteiger charge is -2.27. The van der Waals surface area contributed by atoms with Crippen molar-refractivity contribution in [2.45, 2.75) is 40.3 Å². The summed E-state index contributed by atoms with van der Waals surface area (Å²) in [5.41, 5.74) is 4.87. The molecular weight excluding hydrogens is 498 g/mol. The quantitative estimate of drug-likeness (QED) is 0.362. The molecule has 3 heterocycles. The van der Waals surface area contributed by atoms with Crippen molar-refractivity contribution in [3.63, 3.8) is 0 Å². The predicted molar refractivity (Wildman–Crippen MR) is 151 cm³/mol. The molecule has 1 aliphatic rings. The number of ether oxygens (including phenoxy) is 2. The van der Waals surface area contributed by atoms with Gasteiger partial charge in [-0.25, -0.2) is 4.99 Å². The Kier molecular flexibility index (Phi) is 6.94. The zero-order valence-electron chi connectivity index (χ0n) is 22.5. The maximum absolute atomic E-state index is 14.1. The number of nitrogens with zero attached hydrogens (tertiary/aromatic N) is 3. The molecule has 0 bridgehead atoms. The molecule has 8 heteroatoms. The third-order valence-electron chi connectivity index (χ3n) is 7.24. The van der Waals surface area contributed by atoms with E-state index in [1.807, 2.05) is 56.3 Å². The van der Waals surface area contributed by atoms with Crippen LogP contribution in [0.5, 0.6) is 5.75 Å². The highest BCUT2D eigenvalue weighted by Crippen LogP contribution is 2.40. The first-order chi connectivity index (χ1) is 18.3. The number of fused-ring (bicyclic) bond motifs is 2. The van der Waals surface area contributed by atoms with E-state index in [0.717, 1.165) is 39.8 Å². The topological polar surface area (TPSA) is 74.8 Å². The van der Waals surface area contributed by atoms with E-state index in [2.05, 4.69) is 17.6 Å². The van der Waals surface area contributed by atoms with Gasteiger partial charge < -0.3 is 14.0 Å². The molecule has 0 spiro atoms. The van der Waals surface area contributed by atoms with Gasteiger partial charge in [-0.3, -0.25) is 14.2 Å². The van der Waals surface area contributed by atoms with Gasteiger partial charge in [0.2, 0.25) is 0 Å². The first kappa shape index (κ1) is 25.9. The molecule has 0 amide bonds. The van der Waals surface area contributed by atoms with Crippen molar-refractivity contribution < 1.29 is 14.3 Å². The number of thiazole rings is 1. The molecule has 1 aliphatic heterocycles. The van der Waals surface area contributed by atoms with Gasteiger partial charge in [0.1, 0.15) is 5.75 Å². The minimum atomic E-state index is -0.652. The van der Waals surface area contributed by atoms with E-state index in [4.69, 9.17) is 14.5 Å². The Labute approximate surface area is 225 Å². The molecule has 0 saturated carbocycles. The Morgan fingerprint density at radius 2 is 1.89 bits per heavy atom. The second-order valence-electron chi connectivity index (χ2n) is 9.51. The van der Waals surface area contributed by atoms with Crippen LogP contribution in [0.1, 0.15) is 42.4 Å². The lowest BCUT2D eigenvalue weighted by atomic mass is 9.89. The maximum atomic E-state index is 14.1. The Hall–Kier alpha value is -3.75. The van der Waals surface area contributed by atoms with Crippen LogP contribution in [-0.2, 0) is 16.1 Å². The fourth-order valence-corrected chi connectivity index (χ4v) is 6.46. The molecule has 4 aromatic rings. The molecule has 2 aromatic heterocycles. The molecule has 5 rings (SSSR count). The molecule has 2 aromatic carbocycles. The zero-order valence-corrected chi connectivity index (χ0v) is 23.3. The summed E-state index contributed by atoms with van der Waals surface area (Å²) in [6, 6.07) is 13.3. The summed E-state index contributed by atoms with van der Waals surface area (Å²) in [6.07, 6.45) is 1.93. The number of aromatic nitrogens is 2. The van der Waals surface area contributed by atoms with E-state index in [-0.39, 0.29) is 11.3 Å². The van der Waals surface area contributed by atoms with Crippen molar-refractivity contribution in [2.24, 2.45) is 4.99 Å². The average Bonchev–Trinajstić information content (AvgIpc) is 3.34. The zero-order chi connectivity index (χ0) is 27.1. The first-order valence-corrected chi connectivity index (χ1v) is 13.3. The molecule has 1 unspecified atom stereocenters. The van der Waals surface area contributed by atoms with Crippen LogP contribution in [0.3, 0.4) is 0 Å². The summed E-state index contributed by atoms with van der Waals surface area (Å²) in [5, 5.41) is 1.94. The molecule has 7 nitrogen and oxygen atoms in total. The second-order valence-corrected chi connectivity index (χ2v) is 10.5. The van der Waals surface area contributed by atoms with E-state index < -0.39 is 6.04 Å². The molecule has 196 valence electrons.